The van der Waals surface area contributed by atoms with Crippen molar-refractivity contribution in [2.24, 2.45) is 0 Å². The summed E-state index contributed by atoms with van der Waals surface area (Å²) < 4.78 is 65.5. The van der Waals surface area contributed by atoms with E-state index in [0.717, 1.165) is 0 Å². The van der Waals surface area contributed by atoms with Gasteiger partial charge in [-0.2, -0.15) is 22.0 Å². The van der Waals surface area contributed by atoms with Gasteiger partial charge in [-0.05, 0) is 0 Å². The fourth-order valence-corrected chi connectivity index (χ4v) is 0.415. The van der Waals surface area contributed by atoms with Crippen molar-refractivity contribution in [1.82, 2.24) is 0 Å². The van der Waals surface area contributed by atoms with Gasteiger partial charge in [0.15, 0.2) is 0 Å². The van der Waals surface area contributed by atoms with Crippen LogP contribution in [0.1, 0.15) is 0 Å². The molecule has 0 radical (unpaired) electrons. The minimum atomic E-state index is -5.63. The number of allylic oxidation sites excluding steroid dienone is 2. The Morgan fingerprint density at radius 3 is 1.25 bits per heavy atom. The van der Waals surface area contributed by atoms with Crippen molar-refractivity contribution in [3.05, 3.63) is 11.7 Å². The molecule has 0 aromatic carbocycles. The zero-order valence-corrected chi connectivity index (χ0v) is 6.54. The van der Waals surface area contributed by atoms with Crippen LogP contribution in [-0.2, 0) is 0 Å². The van der Waals surface area contributed by atoms with Crippen molar-refractivity contribution in [3.63, 3.8) is 0 Å². The molecule has 72 valence electrons. The van der Waals surface area contributed by atoms with Crippen LogP contribution in [0.4, 0.5) is 26.3 Å². The lowest BCUT2D eigenvalue weighted by atomic mass is 10.4. The van der Waals surface area contributed by atoms with Crippen molar-refractivity contribution in [2.75, 3.05) is 0 Å². The molecule has 0 aromatic heterocycles. The summed E-state index contributed by atoms with van der Waals surface area (Å²) in [6, 6.07) is 0. The summed E-state index contributed by atoms with van der Waals surface area (Å²) >= 11 is 8.42. The second-order valence-electron chi connectivity index (χ2n) is 1.62. The predicted molar refractivity (Wildman–Crippen MR) is 30.8 cm³/mol. The predicted octanol–water partition coefficient (Wildman–Crippen LogP) is 3.80. The van der Waals surface area contributed by atoms with Crippen molar-refractivity contribution in [2.45, 2.75) is 10.8 Å². The molecule has 0 aromatic rings. The first kappa shape index (κ1) is 11.9. The molecule has 0 aliphatic carbocycles. The monoisotopic (exact) mass is 232 g/mol. The molecule has 0 heterocycles. The van der Waals surface area contributed by atoms with Crippen LogP contribution in [0.5, 0.6) is 0 Å². The second kappa shape index (κ2) is 3.33. The highest BCUT2D eigenvalue weighted by Crippen LogP contribution is 2.40. The average molecular weight is 233 g/mol. The number of hydrogen-bond acceptors (Lipinski definition) is 0. The molecule has 0 nitrogen and oxygen atoms in total. The Labute approximate surface area is 72.7 Å². The summed E-state index contributed by atoms with van der Waals surface area (Å²) in [6.45, 7) is 0. The average Bonchev–Trinajstić information content (AvgIpc) is 1.80. The smallest absolute Gasteiger partial charge is 0.202 e. The SMILES string of the molecule is F/C(=C(\F)C(F)(Cl)Cl)C(F)(F)F. The third kappa shape index (κ3) is 3.10. The Morgan fingerprint density at radius 2 is 1.17 bits per heavy atom. The first-order valence-electron chi connectivity index (χ1n) is 2.26. The molecular formula is C4Cl2F6. The molecule has 0 amide bonds. The summed E-state index contributed by atoms with van der Waals surface area (Å²) in [5.74, 6) is -6.19. The third-order valence-corrected chi connectivity index (χ3v) is 1.02. The highest BCUT2D eigenvalue weighted by atomic mass is 35.5. The molecule has 12 heavy (non-hydrogen) atoms. The standard InChI is InChI=1S/C4Cl2F6/c5-3(6,9)1(7)2(8)4(10,11)12/b2-1-. The maximum absolute atomic E-state index is 11.9. The first-order valence-corrected chi connectivity index (χ1v) is 3.02. The largest absolute Gasteiger partial charge is 0.445 e. The van der Waals surface area contributed by atoms with E-state index in [0.29, 0.717) is 0 Å². The maximum atomic E-state index is 11.9. The molecule has 0 fully saturated rings. The maximum Gasteiger partial charge on any atom is 0.445 e. The highest BCUT2D eigenvalue weighted by molar-refractivity contribution is 6.48. The van der Waals surface area contributed by atoms with Crippen LogP contribution < -0.4 is 0 Å². The van der Waals surface area contributed by atoms with Gasteiger partial charge >= 0.3 is 10.8 Å². The van der Waals surface area contributed by atoms with E-state index >= 15 is 0 Å². The summed E-state index contributed by atoms with van der Waals surface area (Å²) in [7, 11) is 0. The van der Waals surface area contributed by atoms with Gasteiger partial charge in [0.05, 0.1) is 0 Å². The van der Waals surface area contributed by atoms with Gasteiger partial charge in [0.25, 0.3) is 0 Å². The molecule has 0 spiro atoms. The van der Waals surface area contributed by atoms with Gasteiger partial charge in [-0.1, -0.05) is 23.2 Å². The molecule has 0 rings (SSSR count). The summed E-state index contributed by atoms with van der Waals surface area (Å²) in [5, 5.41) is 0. The lowest BCUT2D eigenvalue weighted by Crippen LogP contribution is -2.16. The molecular weight excluding hydrogens is 233 g/mol. The summed E-state index contributed by atoms with van der Waals surface area (Å²) in [4.78, 5) is 0. The second-order valence-corrected chi connectivity index (χ2v) is 2.86. The van der Waals surface area contributed by atoms with Crippen LogP contribution >= 0.6 is 23.2 Å². The van der Waals surface area contributed by atoms with E-state index in [9.17, 15) is 26.3 Å². The summed E-state index contributed by atoms with van der Waals surface area (Å²) in [6.07, 6.45) is -5.63. The Hall–Kier alpha value is -0.100. The Kier molecular flexibility index (Phi) is 3.31. The lowest BCUT2D eigenvalue weighted by molar-refractivity contribution is -0.112. The highest BCUT2D eigenvalue weighted by Gasteiger charge is 2.45. The van der Waals surface area contributed by atoms with Crippen molar-refractivity contribution >= 4 is 23.2 Å². The van der Waals surface area contributed by atoms with Gasteiger partial charge in [0, 0.05) is 0 Å². The molecule has 0 saturated carbocycles. The summed E-state index contributed by atoms with van der Waals surface area (Å²) in [5.41, 5.74) is 0. The minimum Gasteiger partial charge on any atom is -0.202 e. The molecule has 0 atom stereocenters. The van der Waals surface area contributed by atoms with E-state index in [1.54, 1.807) is 0 Å². The van der Waals surface area contributed by atoms with Crippen LogP contribution in [0, 0.1) is 0 Å². The molecule has 0 saturated heterocycles. The molecule has 0 aliphatic heterocycles. The van der Waals surface area contributed by atoms with E-state index in [4.69, 9.17) is 0 Å². The Balaban J connectivity index is 4.96. The fourth-order valence-electron chi connectivity index (χ4n) is 0.249. The topological polar surface area (TPSA) is 0 Å². The van der Waals surface area contributed by atoms with Gasteiger partial charge in [-0.15, -0.1) is 0 Å². The van der Waals surface area contributed by atoms with Crippen LogP contribution in [0.2, 0.25) is 0 Å². The number of alkyl halides is 6. The van der Waals surface area contributed by atoms with Crippen molar-refractivity contribution in [3.8, 4) is 0 Å². The normalized spacial score (nSPS) is 16.0. The third-order valence-electron chi connectivity index (χ3n) is 0.690. The zero-order valence-electron chi connectivity index (χ0n) is 5.02. The van der Waals surface area contributed by atoms with Gasteiger partial charge in [-0.25, -0.2) is 4.39 Å². The first-order chi connectivity index (χ1) is 5.07. The minimum absolute atomic E-state index is 2.90. The van der Waals surface area contributed by atoms with E-state index in [1.165, 1.54) is 0 Å². The van der Waals surface area contributed by atoms with E-state index in [1.807, 2.05) is 0 Å². The zero-order chi connectivity index (χ0) is 10.2. The Morgan fingerprint density at radius 1 is 0.833 bits per heavy atom. The molecule has 0 aliphatic rings. The van der Waals surface area contributed by atoms with Gasteiger partial charge < -0.3 is 0 Å². The molecule has 0 N–H and O–H groups in total. The van der Waals surface area contributed by atoms with Gasteiger partial charge in [-0.3, -0.25) is 0 Å². The number of hydrogen-bond donors (Lipinski definition) is 0. The van der Waals surface area contributed by atoms with Crippen LogP contribution in [0.15, 0.2) is 11.7 Å². The Bertz CT molecular complexity index is 177. The van der Waals surface area contributed by atoms with Gasteiger partial charge in [0.1, 0.15) is 0 Å². The number of rotatable bonds is 1. The van der Waals surface area contributed by atoms with Crippen molar-refractivity contribution in [1.29, 1.82) is 0 Å². The van der Waals surface area contributed by atoms with Crippen LogP contribution in [0.3, 0.4) is 0 Å². The van der Waals surface area contributed by atoms with Crippen molar-refractivity contribution < 1.29 is 26.3 Å². The van der Waals surface area contributed by atoms with E-state index in [2.05, 4.69) is 23.2 Å². The van der Waals surface area contributed by atoms with Crippen LogP contribution in [-0.4, -0.2) is 10.8 Å². The van der Waals surface area contributed by atoms with Crippen LogP contribution in [0.25, 0.3) is 0 Å². The van der Waals surface area contributed by atoms with E-state index < -0.39 is 22.4 Å². The van der Waals surface area contributed by atoms with E-state index in [-0.39, 0.29) is 0 Å². The molecule has 0 bridgehead atoms. The fraction of sp³-hybridized carbons (Fsp3) is 0.500. The lowest BCUT2D eigenvalue weighted by Gasteiger charge is -2.09. The number of halogens is 8. The molecule has 0 unspecified atom stereocenters. The molecule has 8 heteroatoms. The van der Waals surface area contributed by atoms with Gasteiger partial charge in [0.2, 0.25) is 11.7 Å². The quantitative estimate of drug-likeness (QED) is 0.477.